The summed E-state index contributed by atoms with van der Waals surface area (Å²) in [5.74, 6) is 0.0744. The number of benzene rings is 1. The number of hydrogen-bond acceptors (Lipinski definition) is 3. The molecule has 0 radical (unpaired) electrons. The van der Waals surface area contributed by atoms with Gasteiger partial charge in [0.25, 0.3) is 0 Å². The van der Waals surface area contributed by atoms with E-state index in [1.54, 1.807) is 7.05 Å². The summed E-state index contributed by atoms with van der Waals surface area (Å²) in [5.41, 5.74) is 2.01. The number of nitrogens with one attached hydrogen (secondary N) is 1. The monoisotopic (exact) mass is 284 g/mol. The van der Waals surface area contributed by atoms with Crippen molar-refractivity contribution >= 4 is 10.0 Å². The zero-order chi connectivity index (χ0) is 14.3. The standard InChI is InChI=1S/C14H24N2O2S/c1-4-10-16(3)19(17,18)12-14-8-6-13(7-9-14)11-15-5-2/h6-9,15H,4-5,10-12H2,1-3H3. The summed E-state index contributed by atoms with van der Waals surface area (Å²) < 4.78 is 25.6. The highest BCUT2D eigenvalue weighted by Gasteiger charge is 2.17. The molecule has 0 aliphatic heterocycles. The van der Waals surface area contributed by atoms with E-state index in [-0.39, 0.29) is 5.75 Å². The molecule has 0 fully saturated rings. The fourth-order valence-corrected chi connectivity index (χ4v) is 3.09. The van der Waals surface area contributed by atoms with Gasteiger partial charge in [-0.1, -0.05) is 38.1 Å². The molecule has 19 heavy (non-hydrogen) atoms. The first-order valence-corrected chi connectivity index (χ1v) is 8.33. The number of hydrogen-bond donors (Lipinski definition) is 1. The van der Waals surface area contributed by atoms with Crippen molar-refractivity contribution in [2.75, 3.05) is 20.1 Å². The van der Waals surface area contributed by atoms with Gasteiger partial charge in [-0.15, -0.1) is 0 Å². The zero-order valence-electron chi connectivity index (χ0n) is 12.0. The first-order valence-electron chi connectivity index (χ1n) is 6.72. The van der Waals surface area contributed by atoms with Crippen LogP contribution in [0.3, 0.4) is 0 Å². The smallest absolute Gasteiger partial charge is 0.218 e. The SMILES string of the molecule is CCCN(C)S(=O)(=O)Cc1ccc(CNCC)cc1. The van der Waals surface area contributed by atoms with Gasteiger partial charge in [0, 0.05) is 20.1 Å². The van der Waals surface area contributed by atoms with Gasteiger partial charge in [0.1, 0.15) is 0 Å². The molecule has 0 aliphatic rings. The molecule has 1 aromatic carbocycles. The molecule has 0 amide bonds. The average Bonchev–Trinajstić information content (AvgIpc) is 2.38. The predicted octanol–water partition coefficient (Wildman–Crippen LogP) is 1.97. The second-order valence-electron chi connectivity index (χ2n) is 4.67. The molecule has 0 aliphatic carbocycles. The van der Waals surface area contributed by atoms with Crippen LogP contribution in [0.5, 0.6) is 0 Å². The lowest BCUT2D eigenvalue weighted by molar-refractivity contribution is 0.467. The van der Waals surface area contributed by atoms with E-state index in [1.807, 2.05) is 31.2 Å². The van der Waals surface area contributed by atoms with Crippen LogP contribution in [0.2, 0.25) is 0 Å². The highest BCUT2D eigenvalue weighted by molar-refractivity contribution is 7.88. The van der Waals surface area contributed by atoms with Crippen molar-refractivity contribution in [3.8, 4) is 0 Å². The van der Waals surface area contributed by atoms with Gasteiger partial charge >= 0.3 is 0 Å². The summed E-state index contributed by atoms with van der Waals surface area (Å²) in [6, 6.07) is 7.74. The summed E-state index contributed by atoms with van der Waals surface area (Å²) in [7, 11) is -1.55. The Bertz CT molecular complexity index is 469. The fraction of sp³-hybridized carbons (Fsp3) is 0.571. The van der Waals surface area contributed by atoms with E-state index in [4.69, 9.17) is 0 Å². The van der Waals surface area contributed by atoms with Crippen molar-refractivity contribution in [3.05, 3.63) is 35.4 Å². The van der Waals surface area contributed by atoms with Crippen molar-refractivity contribution in [1.29, 1.82) is 0 Å². The first-order chi connectivity index (χ1) is 8.99. The van der Waals surface area contributed by atoms with Crippen LogP contribution in [-0.2, 0) is 22.3 Å². The third-order valence-electron chi connectivity index (χ3n) is 2.96. The zero-order valence-corrected chi connectivity index (χ0v) is 12.8. The van der Waals surface area contributed by atoms with E-state index in [9.17, 15) is 8.42 Å². The van der Waals surface area contributed by atoms with Gasteiger partial charge in [0.15, 0.2) is 0 Å². The van der Waals surface area contributed by atoms with Crippen LogP contribution in [0, 0.1) is 0 Å². The van der Waals surface area contributed by atoms with Crippen LogP contribution in [0.15, 0.2) is 24.3 Å². The molecule has 5 heteroatoms. The second kappa shape index (κ2) is 7.62. The molecule has 0 unspecified atom stereocenters. The number of sulfonamides is 1. The van der Waals surface area contributed by atoms with Gasteiger partial charge in [0.05, 0.1) is 5.75 Å². The van der Waals surface area contributed by atoms with E-state index in [0.29, 0.717) is 6.54 Å². The maximum Gasteiger partial charge on any atom is 0.218 e. The maximum atomic E-state index is 12.1. The first kappa shape index (κ1) is 16.1. The molecule has 0 saturated carbocycles. The van der Waals surface area contributed by atoms with Crippen molar-refractivity contribution in [3.63, 3.8) is 0 Å². The molecule has 0 spiro atoms. The van der Waals surface area contributed by atoms with Gasteiger partial charge in [-0.05, 0) is 24.1 Å². The molecule has 1 N–H and O–H groups in total. The normalized spacial score (nSPS) is 12.0. The molecule has 0 heterocycles. The van der Waals surface area contributed by atoms with Crippen LogP contribution in [0.4, 0.5) is 0 Å². The molecule has 1 rings (SSSR count). The van der Waals surface area contributed by atoms with Crippen LogP contribution in [0.1, 0.15) is 31.4 Å². The topological polar surface area (TPSA) is 49.4 Å². The van der Waals surface area contributed by atoms with E-state index in [1.165, 1.54) is 9.87 Å². The molecule has 4 nitrogen and oxygen atoms in total. The third kappa shape index (κ3) is 5.30. The Morgan fingerprint density at radius 1 is 1.11 bits per heavy atom. The largest absolute Gasteiger partial charge is 0.313 e. The fourth-order valence-electron chi connectivity index (χ4n) is 1.80. The molecule has 108 valence electrons. The van der Waals surface area contributed by atoms with Gasteiger partial charge in [0.2, 0.25) is 10.0 Å². The quantitative estimate of drug-likeness (QED) is 0.794. The van der Waals surface area contributed by atoms with Crippen molar-refractivity contribution in [2.24, 2.45) is 0 Å². The lowest BCUT2D eigenvalue weighted by Crippen LogP contribution is -2.28. The lowest BCUT2D eigenvalue weighted by Gasteiger charge is -2.16. The minimum atomic E-state index is -3.19. The van der Waals surface area contributed by atoms with E-state index < -0.39 is 10.0 Å². The van der Waals surface area contributed by atoms with E-state index in [2.05, 4.69) is 12.2 Å². The Morgan fingerprint density at radius 3 is 2.21 bits per heavy atom. The highest BCUT2D eigenvalue weighted by Crippen LogP contribution is 2.11. The van der Waals surface area contributed by atoms with Gasteiger partial charge in [-0.3, -0.25) is 0 Å². The molecular weight excluding hydrogens is 260 g/mol. The van der Waals surface area contributed by atoms with E-state index >= 15 is 0 Å². The number of rotatable bonds is 8. The summed E-state index contributed by atoms with van der Waals surface area (Å²) in [4.78, 5) is 0. The predicted molar refractivity (Wildman–Crippen MR) is 79.4 cm³/mol. The molecule has 0 aromatic heterocycles. The Kier molecular flexibility index (Phi) is 6.48. The summed E-state index contributed by atoms with van der Waals surface area (Å²) in [6.07, 6.45) is 0.831. The van der Waals surface area contributed by atoms with Crippen molar-refractivity contribution in [1.82, 2.24) is 9.62 Å². The average molecular weight is 284 g/mol. The molecule has 0 atom stereocenters. The third-order valence-corrected chi connectivity index (χ3v) is 4.79. The van der Waals surface area contributed by atoms with Crippen LogP contribution < -0.4 is 5.32 Å². The second-order valence-corrected chi connectivity index (χ2v) is 6.75. The summed E-state index contributed by atoms with van der Waals surface area (Å²) in [6.45, 7) is 6.35. The minimum Gasteiger partial charge on any atom is -0.313 e. The molecule has 1 aromatic rings. The summed E-state index contributed by atoms with van der Waals surface area (Å²) in [5, 5.41) is 3.24. The molecular formula is C14H24N2O2S. The van der Waals surface area contributed by atoms with Crippen LogP contribution in [0.25, 0.3) is 0 Å². The maximum absolute atomic E-state index is 12.1. The Morgan fingerprint density at radius 2 is 1.68 bits per heavy atom. The Balaban J connectivity index is 2.67. The van der Waals surface area contributed by atoms with Gasteiger partial charge in [-0.25, -0.2) is 12.7 Å². The minimum absolute atomic E-state index is 0.0744. The van der Waals surface area contributed by atoms with Crippen LogP contribution >= 0.6 is 0 Å². The summed E-state index contributed by atoms with van der Waals surface area (Å²) >= 11 is 0. The van der Waals surface area contributed by atoms with Crippen molar-refractivity contribution in [2.45, 2.75) is 32.6 Å². The van der Waals surface area contributed by atoms with Crippen molar-refractivity contribution < 1.29 is 8.42 Å². The van der Waals surface area contributed by atoms with Crippen LogP contribution in [-0.4, -0.2) is 32.9 Å². The van der Waals surface area contributed by atoms with Gasteiger partial charge in [-0.2, -0.15) is 0 Å². The Hall–Kier alpha value is -0.910. The van der Waals surface area contributed by atoms with E-state index in [0.717, 1.165) is 25.1 Å². The lowest BCUT2D eigenvalue weighted by atomic mass is 10.1. The van der Waals surface area contributed by atoms with Gasteiger partial charge < -0.3 is 5.32 Å². The Labute approximate surface area is 116 Å². The number of nitrogens with zero attached hydrogens (tertiary/aromatic N) is 1. The molecule has 0 bridgehead atoms. The molecule has 0 saturated heterocycles. The highest BCUT2D eigenvalue weighted by atomic mass is 32.2.